The largest absolute Gasteiger partial charge is 0.497 e. The third-order valence-electron chi connectivity index (χ3n) is 2.73. The molecule has 102 valence electrons. The maximum absolute atomic E-state index is 5.25. The number of hydrogen-bond donors (Lipinski definition) is 1. The third kappa shape index (κ3) is 4.48. The molecule has 0 spiro atoms. The molecule has 0 saturated heterocycles. The van der Waals surface area contributed by atoms with E-state index >= 15 is 0 Å². The summed E-state index contributed by atoms with van der Waals surface area (Å²) >= 11 is 5.25. The highest BCUT2D eigenvalue weighted by Crippen LogP contribution is 2.09. The van der Waals surface area contributed by atoms with Crippen molar-refractivity contribution in [2.24, 2.45) is 5.10 Å². The fourth-order valence-corrected chi connectivity index (χ4v) is 1.91. The maximum atomic E-state index is 5.25. The summed E-state index contributed by atoms with van der Waals surface area (Å²) in [5.74, 6) is 0.828. The number of methoxy groups -OCH3 is 1. The van der Waals surface area contributed by atoms with Gasteiger partial charge in [0.1, 0.15) is 10.7 Å². The molecule has 2 rings (SSSR count). The lowest BCUT2D eigenvalue weighted by atomic mass is 10.2. The highest BCUT2D eigenvalue weighted by molar-refractivity contribution is 7.80. The van der Waals surface area contributed by atoms with Crippen molar-refractivity contribution in [2.45, 2.75) is 6.42 Å². The van der Waals surface area contributed by atoms with Crippen LogP contribution in [0.4, 0.5) is 0 Å². The first-order valence-electron chi connectivity index (χ1n) is 6.28. The number of benzene rings is 2. The van der Waals surface area contributed by atoms with E-state index in [1.54, 1.807) is 13.3 Å². The van der Waals surface area contributed by atoms with E-state index in [0.717, 1.165) is 11.3 Å². The summed E-state index contributed by atoms with van der Waals surface area (Å²) < 4.78 is 5.10. The van der Waals surface area contributed by atoms with Gasteiger partial charge in [0.15, 0.2) is 0 Å². The second kappa shape index (κ2) is 7.40. The van der Waals surface area contributed by atoms with Crippen molar-refractivity contribution >= 4 is 23.4 Å². The lowest BCUT2D eigenvalue weighted by molar-refractivity contribution is 0.415. The zero-order chi connectivity index (χ0) is 14.2. The average Bonchev–Trinajstić information content (AvgIpc) is 2.49. The number of nitrogens with zero attached hydrogens (tertiary/aromatic N) is 1. The molecule has 4 heteroatoms. The van der Waals surface area contributed by atoms with E-state index in [-0.39, 0.29) is 0 Å². The summed E-state index contributed by atoms with van der Waals surface area (Å²) in [6, 6.07) is 17.7. The van der Waals surface area contributed by atoms with Gasteiger partial charge in [0.05, 0.1) is 13.3 Å². The van der Waals surface area contributed by atoms with Crippen LogP contribution in [0, 0.1) is 0 Å². The molecule has 0 fully saturated rings. The molecule has 0 bridgehead atoms. The molecule has 2 aromatic carbocycles. The van der Waals surface area contributed by atoms with E-state index < -0.39 is 0 Å². The minimum atomic E-state index is 0.691. The van der Waals surface area contributed by atoms with Gasteiger partial charge in [-0.15, -0.1) is 0 Å². The van der Waals surface area contributed by atoms with E-state index in [0.29, 0.717) is 11.4 Å². The normalized spacial score (nSPS) is 10.4. The van der Waals surface area contributed by atoms with Crippen LogP contribution in [-0.2, 0) is 6.42 Å². The van der Waals surface area contributed by atoms with E-state index in [9.17, 15) is 0 Å². The lowest BCUT2D eigenvalue weighted by Crippen LogP contribution is -2.17. The number of ether oxygens (including phenoxy) is 1. The molecule has 0 saturated carbocycles. The Labute approximate surface area is 124 Å². The second-order valence-corrected chi connectivity index (χ2v) is 4.72. The highest BCUT2D eigenvalue weighted by atomic mass is 32.1. The van der Waals surface area contributed by atoms with Crippen LogP contribution in [0.15, 0.2) is 59.7 Å². The Kier molecular flexibility index (Phi) is 5.26. The quantitative estimate of drug-likeness (QED) is 0.520. The van der Waals surface area contributed by atoms with Crippen LogP contribution in [0.2, 0.25) is 0 Å². The Morgan fingerprint density at radius 1 is 1.15 bits per heavy atom. The number of rotatable bonds is 5. The molecule has 0 radical (unpaired) electrons. The topological polar surface area (TPSA) is 33.6 Å². The van der Waals surface area contributed by atoms with Crippen LogP contribution >= 0.6 is 12.2 Å². The first-order chi connectivity index (χ1) is 9.78. The fourth-order valence-electron chi connectivity index (χ4n) is 1.69. The van der Waals surface area contributed by atoms with Gasteiger partial charge in [0.25, 0.3) is 0 Å². The van der Waals surface area contributed by atoms with E-state index in [1.807, 2.05) is 54.6 Å². The molecular formula is C16H16N2OS. The molecule has 0 atom stereocenters. The molecule has 0 aromatic heterocycles. The molecule has 3 nitrogen and oxygen atoms in total. The number of thiocarbonyl (C=S) groups is 1. The highest BCUT2D eigenvalue weighted by Gasteiger charge is 1.96. The third-order valence-corrected chi connectivity index (χ3v) is 2.96. The van der Waals surface area contributed by atoms with E-state index in [2.05, 4.69) is 10.5 Å². The molecule has 0 aliphatic heterocycles. The van der Waals surface area contributed by atoms with Crippen molar-refractivity contribution < 1.29 is 4.74 Å². The van der Waals surface area contributed by atoms with Gasteiger partial charge in [-0.2, -0.15) is 5.10 Å². The SMILES string of the molecule is COc1ccc(/C=N\NC(=S)Cc2ccccc2)cc1. The van der Waals surface area contributed by atoms with Crippen LogP contribution in [0.1, 0.15) is 11.1 Å². The van der Waals surface area contributed by atoms with Gasteiger partial charge in [-0.05, 0) is 35.4 Å². The van der Waals surface area contributed by atoms with Crippen LogP contribution in [0.3, 0.4) is 0 Å². The van der Waals surface area contributed by atoms with Crippen molar-refractivity contribution in [1.82, 2.24) is 5.43 Å². The Bertz CT molecular complexity index is 579. The van der Waals surface area contributed by atoms with Gasteiger partial charge in [-0.1, -0.05) is 42.5 Å². The zero-order valence-electron chi connectivity index (χ0n) is 11.2. The summed E-state index contributed by atoms with van der Waals surface area (Å²) in [7, 11) is 1.65. The minimum Gasteiger partial charge on any atom is -0.497 e. The lowest BCUT2D eigenvalue weighted by Gasteiger charge is -2.03. The molecular weight excluding hydrogens is 268 g/mol. The number of hydrazone groups is 1. The van der Waals surface area contributed by atoms with Gasteiger partial charge in [0, 0.05) is 6.42 Å². The average molecular weight is 284 g/mol. The smallest absolute Gasteiger partial charge is 0.118 e. The van der Waals surface area contributed by atoms with Crippen molar-refractivity contribution in [3.8, 4) is 5.75 Å². The van der Waals surface area contributed by atoms with Gasteiger partial charge < -0.3 is 4.74 Å². The van der Waals surface area contributed by atoms with Gasteiger partial charge >= 0.3 is 0 Å². The van der Waals surface area contributed by atoms with Crippen molar-refractivity contribution in [2.75, 3.05) is 7.11 Å². The monoisotopic (exact) mass is 284 g/mol. The predicted octanol–water partition coefficient (Wildman–Crippen LogP) is 3.19. The minimum absolute atomic E-state index is 0.691. The van der Waals surface area contributed by atoms with Crippen molar-refractivity contribution in [3.05, 3.63) is 65.7 Å². The van der Waals surface area contributed by atoms with Crippen LogP contribution in [-0.4, -0.2) is 18.3 Å². The summed E-state index contributed by atoms with van der Waals surface area (Å²) in [6.07, 6.45) is 2.42. The Balaban J connectivity index is 1.84. The first kappa shape index (κ1) is 14.2. The van der Waals surface area contributed by atoms with Crippen molar-refractivity contribution in [3.63, 3.8) is 0 Å². The molecule has 20 heavy (non-hydrogen) atoms. The van der Waals surface area contributed by atoms with E-state index in [4.69, 9.17) is 17.0 Å². The van der Waals surface area contributed by atoms with Gasteiger partial charge in [-0.3, -0.25) is 5.43 Å². The number of nitrogens with one attached hydrogen (secondary N) is 1. The standard InChI is InChI=1S/C16H16N2OS/c1-19-15-9-7-14(8-10-15)12-17-18-16(20)11-13-5-3-2-4-6-13/h2-10,12H,11H2,1H3,(H,18,20)/b17-12-. The summed E-state index contributed by atoms with van der Waals surface area (Å²) in [4.78, 5) is 0.695. The second-order valence-electron chi connectivity index (χ2n) is 4.23. The molecule has 0 aliphatic carbocycles. The Hall–Kier alpha value is -2.20. The molecule has 1 N–H and O–H groups in total. The van der Waals surface area contributed by atoms with Crippen molar-refractivity contribution in [1.29, 1.82) is 0 Å². The maximum Gasteiger partial charge on any atom is 0.118 e. The fraction of sp³-hybridized carbons (Fsp3) is 0.125. The zero-order valence-corrected chi connectivity index (χ0v) is 12.1. The van der Waals surface area contributed by atoms with Crippen LogP contribution < -0.4 is 10.2 Å². The van der Waals surface area contributed by atoms with Crippen LogP contribution in [0.5, 0.6) is 5.75 Å². The predicted molar refractivity (Wildman–Crippen MR) is 86.5 cm³/mol. The summed E-state index contributed by atoms with van der Waals surface area (Å²) in [5, 5.41) is 4.14. The molecule has 0 heterocycles. The molecule has 2 aromatic rings. The van der Waals surface area contributed by atoms with Gasteiger partial charge in [-0.25, -0.2) is 0 Å². The Morgan fingerprint density at radius 2 is 1.85 bits per heavy atom. The molecule has 0 aliphatic rings. The number of hydrogen-bond acceptors (Lipinski definition) is 3. The van der Waals surface area contributed by atoms with E-state index in [1.165, 1.54) is 5.56 Å². The molecule has 0 unspecified atom stereocenters. The first-order valence-corrected chi connectivity index (χ1v) is 6.68. The molecule has 0 amide bonds. The Morgan fingerprint density at radius 3 is 2.50 bits per heavy atom. The summed E-state index contributed by atoms with van der Waals surface area (Å²) in [6.45, 7) is 0. The van der Waals surface area contributed by atoms with Gasteiger partial charge in [0.2, 0.25) is 0 Å². The summed E-state index contributed by atoms with van der Waals surface area (Å²) in [5.41, 5.74) is 5.04. The van der Waals surface area contributed by atoms with Crippen LogP contribution in [0.25, 0.3) is 0 Å².